The fourth-order valence-corrected chi connectivity index (χ4v) is 4.82. The standard InChI is InChI=1S/C15H26/c1-11-6-9-15-13(10-11)8-7-12-4-2-3-5-14(12)15/h11-15H,2-10H2,1H3/t11-,12?,13?,14?,15?/m0/s1/i11D. The highest BCUT2D eigenvalue weighted by Gasteiger charge is 2.41. The lowest BCUT2D eigenvalue weighted by Crippen LogP contribution is -2.39. The summed E-state index contributed by atoms with van der Waals surface area (Å²) in [6.45, 7) is 2.16. The molecule has 4 unspecified atom stereocenters. The zero-order chi connectivity index (χ0) is 11.2. The number of hydrogen-bond donors (Lipinski definition) is 0. The van der Waals surface area contributed by atoms with Gasteiger partial charge in [0.1, 0.15) is 0 Å². The quantitative estimate of drug-likeness (QED) is 0.543. The van der Waals surface area contributed by atoms with E-state index in [0.717, 1.165) is 30.1 Å². The van der Waals surface area contributed by atoms with E-state index in [1.54, 1.807) is 0 Å². The molecule has 0 heterocycles. The summed E-state index contributed by atoms with van der Waals surface area (Å²) >= 11 is 0. The highest BCUT2D eigenvalue weighted by Crippen LogP contribution is 2.52. The molecule has 0 spiro atoms. The topological polar surface area (TPSA) is 0 Å². The molecule has 3 fully saturated rings. The van der Waals surface area contributed by atoms with Crippen LogP contribution >= 0.6 is 0 Å². The van der Waals surface area contributed by atoms with Crippen molar-refractivity contribution in [2.75, 3.05) is 0 Å². The molecule has 86 valence electrons. The van der Waals surface area contributed by atoms with E-state index in [2.05, 4.69) is 6.92 Å². The Balaban J connectivity index is 1.73. The SMILES string of the molecule is [2H][C@]1(C)CCC2C(CCC3CCCCC32)C1. The van der Waals surface area contributed by atoms with Gasteiger partial charge in [0.25, 0.3) is 0 Å². The second-order valence-electron chi connectivity index (χ2n) is 6.41. The summed E-state index contributed by atoms with van der Waals surface area (Å²) in [7, 11) is 0. The van der Waals surface area contributed by atoms with Gasteiger partial charge in [-0.2, -0.15) is 0 Å². The van der Waals surface area contributed by atoms with Crippen molar-refractivity contribution in [2.45, 2.75) is 64.7 Å². The Kier molecular flexibility index (Phi) is 2.48. The summed E-state index contributed by atoms with van der Waals surface area (Å²) in [5.41, 5.74) is 0. The third-order valence-corrected chi connectivity index (χ3v) is 5.55. The van der Waals surface area contributed by atoms with E-state index in [9.17, 15) is 0 Å². The van der Waals surface area contributed by atoms with E-state index in [1.807, 2.05) is 0 Å². The Morgan fingerprint density at radius 2 is 1.53 bits per heavy atom. The molecule has 0 nitrogen and oxygen atoms in total. The van der Waals surface area contributed by atoms with Gasteiger partial charge in [0.05, 0.1) is 0 Å². The van der Waals surface area contributed by atoms with E-state index in [0.29, 0.717) is 0 Å². The van der Waals surface area contributed by atoms with Crippen LogP contribution in [0.1, 0.15) is 66.1 Å². The molecule has 0 saturated heterocycles. The molecule has 5 atom stereocenters. The van der Waals surface area contributed by atoms with E-state index in [1.165, 1.54) is 51.4 Å². The Bertz CT molecular complexity index is 258. The maximum Gasteiger partial charge on any atom is 0.0300 e. The summed E-state index contributed by atoms with van der Waals surface area (Å²) < 4.78 is 8.28. The first kappa shape index (κ1) is 9.07. The summed E-state index contributed by atoms with van der Waals surface area (Å²) in [5.74, 6) is 3.96. The largest absolute Gasteiger partial charge is 0.0625 e. The molecule has 0 N–H and O–H groups in total. The molecule has 15 heavy (non-hydrogen) atoms. The number of hydrogen-bond acceptors (Lipinski definition) is 0. The zero-order valence-electron chi connectivity index (χ0n) is 11.2. The predicted octanol–water partition coefficient (Wildman–Crippen LogP) is 4.64. The lowest BCUT2D eigenvalue weighted by atomic mass is 9.57. The lowest BCUT2D eigenvalue weighted by molar-refractivity contribution is 0.0144. The van der Waals surface area contributed by atoms with Crippen molar-refractivity contribution in [1.82, 2.24) is 0 Å². The van der Waals surface area contributed by atoms with E-state index in [4.69, 9.17) is 1.37 Å². The maximum absolute atomic E-state index is 8.28. The Hall–Kier alpha value is 0. The zero-order valence-corrected chi connectivity index (χ0v) is 10.2. The van der Waals surface area contributed by atoms with E-state index >= 15 is 0 Å². The molecular weight excluding hydrogens is 180 g/mol. The monoisotopic (exact) mass is 207 g/mol. The van der Waals surface area contributed by atoms with E-state index < -0.39 is 0 Å². The first-order valence-electron chi connectivity index (χ1n) is 7.66. The van der Waals surface area contributed by atoms with Gasteiger partial charge in [0.2, 0.25) is 0 Å². The van der Waals surface area contributed by atoms with Gasteiger partial charge in [-0.25, -0.2) is 0 Å². The highest BCUT2D eigenvalue weighted by atomic mass is 14.5. The average Bonchev–Trinajstić information content (AvgIpc) is 2.27. The number of rotatable bonds is 0. The van der Waals surface area contributed by atoms with Crippen LogP contribution in [0.4, 0.5) is 0 Å². The molecule has 0 aromatic rings. The first-order valence-corrected chi connectivity index (χ1v) is 7.16. The van der Waals surface area contributed by atoms with Crippen LogP contribution in [0.15, 0.2) is 0 Å². The Morgan fingerprint density at radius 1 is 0.800 bits per heavy atom. The molecule has 3 saturated carbocycles. The normalized spacial score (nSPS) is 56.5. The summed E-state index contributed by atoms with van der Waals surface area (Å²) in [6, 6.07) is 0. The molecule has 0 amide bonds. The van der Waals surface area contributed by atoms with Gasteiger partial charge < -0.3 is 0 Å². The van der Waals surface area contributed by atoms with Crippen molar-refractivity contribution in [3.05, 3.63) is 0 Å². The smallest absolute Gasteiger partial charge is 0.0300 e. The molecule has 0 aliphatic heterocycles. The van der Waals surface area contributed by atoms with E-state index in [-0.39, 0.29) is 5.89 Å². The summed E-state index contributed by atoms with van der Waals surface area (Å²) in [5, 5.41) is 0. The van der Waals surface area contributed by atoms with Gasteiger partial charge in [-0.15, -0.1) is 0 Å². The van der Waals surface area contributed by atoms with Gasteiger partial charge in [0.15, 0.2) is 0 Å². The fraction of sp³-hybridized carbons (Fsp3) is 1.00. The van der Waals surface area contributed by atoms with Gasteiger partial charge in [-0.1, -0.05) is 32.6 Å². The van der Waals surface area contributed by atoms with Crippen LogP contribution in [0, 0.1) is 29.6 Å². The number of fused-ring (bicyclic) bond motifs is 3. The molecule has 0 radical (unpaired) electrons. The molecule has 0 aromatic carbocycles. The second-order valence-corrected chi connectivity index (χ2v) is 6.41. The molecule has 3 aliphatic carbocycles. The van der Waals surface area contributed by atoms with Crippen molar-refractivity contribution in [2.24, 2.45) is 29.6 Å². The molecule has 3 aliphatic rings. The minimum absolute atomic E-state index is 0.0946. The second kappa shape index (κ2) is 4.11. The van der Waals surface area contributed by atoms with Crippen LogP contribution in [0.25, 0.3) is 0 Å². The van der Waals surface area contributed by atoms with Gasteiger partial charge in [-0.05, 0) is 61.7 Å². The van der Waals surface area contributed by atoms with Crippen molar-refractivity contribution < 1.29 is 1.37 Å². The van der Waals surface area contributed by atoms with Gasteiger partial charge >= 0.3 is 0 Å². The van der Waals surface area contributed by atoms with Crippen LogP contribution in [-0.2, 0) is 0 Å². The van der Waals surface area contributed by atoms with Crippen LogP contribution in [0.3, 0.4) is 0 Å². The van der Waals surface area contributed by atoms with Crippen LogP contribution < -0.4 is 0 Å². The van der Waals surface area contributed by atoms with Crippen molar-refractivity contribution in [3.63, 3.8) is 0 Å². The average molecular weight is 207 g/mol. The van der Waals surface area contributed by atoms with Gasteiger partial charge in [0, 0.05) is 1.37 Å². The maximum atomic E-state index is 8.28. The van der Waals surface area contributed by atoms with Crippen molar-refractivity contribution in [3.8, 4) is 0 Å². The predicted molar refractivity (Wildman–Crippen MR) is 64.7 cm³/mol. The van der Waals surface area contributed by atoms with Gasteiger partial charge in [-0.3, -0.25) is 0 Å². The molecule has 0 heteroatoms. The minimum Gasteiger partial charge on any atom is -0.0625 e. The Labute approximate surface area is 96.2 Å². The lowest BCUT2D eigenvalue weighted by Gasteiger charge is -2.49. The van der Waals surface area contributed by atoms with Crippen LogP contribution in [-0.4, -0.2) is 0 Å². The Morgan fingerprint density at radius 3 is 2.47 bits per heavy atom. The first-order chi connectivity index (χ1) is 7.66. The fourth-order valence-electron chi connectivity index (χ4n) is 4.82. The van der Waals surface area contributed by atoms with Crippen LogP contribution in [0.5, 0.6) is 0 Å². The third kappa shape index (κ3) is 1.85. The van der Waals surface area contributed by atoms with Crippen molar-refractivity contribution >= 4 is 0 Å². The summed E-state index contributed by atoms with van der Waals surface area (Å²) in [4.78, 5) is 0. The van der Waals surface area contributed by atoms with Crippen molar-refractivity contribution in [1.29, 1.82) is 0 Å². The molecule has 0 aromatic heterocycles. The molecule has 3 rings (SSSR count). The highest BCUT2D eigenvalue weighted by molar-refractivity contribution is 4.92. The molecule has 0 bridgehead atoms. The van der Waals surface area contributed by atoms with Crippen LogP contribution in [0.2, 0.25) is 0 Å². The minimum atomic E-state index is -0.0946. The third-order valence-electron chi connectivity index (χ3n) is 5.55. The summed E-state index contributed by atoms with van der Waals surface area (Å²) in [6.07, 6.45) is 12.7. The molecular formula is C15H26.